The van der Waals surface area contributed by atoms with Gasteiger partial charge in [-0.2, -0.15) is 0 Å². The van der Waals surface area contributed by atoms with Crippen molar-refractivity contribution in [1.29, 1.82) is 0 Å². The van der Waals surface area contributed by atoms with E-state index >= 15 is 0 Å². The van der Waals surface area contributed by atoms with Gasteiger partial charge in [-0.1, -0.05) is 60.1 Å². The van der Waals surface area contributed by atoms with Gasteiger partial charge >= 0.3 is 0 Å². The summed E-state index contributed by atoms with van der Waals surface area (Å²) in [4.78, 5) is 13.5. The zero-order valence-corrected chi connectivity index (χ0v) is 22.6. The molecule has 4 heteroatoms. The first-order valence-electron chi connectivity index (χ1n) is 13.8. The number of carbonyl (C=O) groups is 1. The number of hydrogen-bond donors (Lipinski definition) is 3. The molecule has 0 amide bonds. The minimum absolute atomic E-state index is 0.0401. The number of fused-ring (bicyclic) bond motifs is 7. The van der Waals surface area contributed by atoms with Gasteiger partial charge in [-0.15, -0.1) is 0 Å². The number of rotatable bonds is 1. The van der Waals surface area contributed by atoms with Crippen molar-refractivity contribution in [1.82, 2.24) is 0 Å². The number of aliphatic hydroxyl groups excluding tert-OH is 3. The van der Waals surface area contributed by atoms with Gasteiger partial charge in [-0.3, -0.25) is 4.79 Å². The van der Waals surface area contributed by atoms with Crippen LogP contribution in [0.5, 0.6) is 0 Å². The Morgan fingerprint density at radius 3 is 2.24 bits per heavy atom. The van der Waals surface area contributed by atoms with Crippen LogP contribution in [-0.4, -0.2) is 39.9 Å². The smallest absolute Gasteiger partial charge is 0.168 e. The molecule has 3 N–H and O–H groups in total. The summed E-state index contributed by atoms with van der Waals surface area (Å²) < 4.78 is 0. The lowest BCUT2D eigenvalue weighted by Gasteiger charge is -2.71. The molecular formula is C30H48O4. The van der Waals surface area contributed by atoms with E-state index in [-0.39, 0.29) is 34.6 Å². The summed E-state index contributed by atoms with van der Waals surface area (Å²) in [5, 5.41) is 32.2. The lowest BCUT2D eigenvalue weighted by molar-refractivity contribution is -0.216. The Morgan fingerprint density at radius 1 is 0.912 bits per heavy atom. The van der Waals surface area contributed by atoms with Crippen molar-refractivity contribution in [3.05, 3.63) is 11.6 Å². The Balaban J connectivity index is 1.59. The van der Waals surface area contributed by atoms with Gasteiger partial charge in [-0.25, -0.2) is 0 Å². The second-order valence-electron chi connectivity index (χ2n) is 14.9. The molecule has 0 radical (unpaired) electrons. The summed E-state index contributed by atoms with van der Waals surface area (Å²) in [6, 6.07) is 0. The predicted octanol–water partition coefficient (Wildman–Crippen LogP) is 5.29. The summed E-state index contributed by atoms with van der Waals surface area (Å²) in [5.41, 5.74) is 0.465. The van der Waals surface area contributed by atoms with Crippen LogP contribution in [-0.2, 0) is 4.79 Å². The second-order valence-corrected chi connectivity index (χ2v) is 14.9. The Labute approximate surface area is 206 Å². The van der Waals surface area contributed by atoms with E-state index < -0.39 is 28.5 Å². The molecule has 0 heterocycles. The molecule has 0 aromatic rings. The van der Waals surface area contributed by atoms with Gasteiger partial charge < -0.3 is 15.3 Å². The van der Waals surface area contributed by atoms with Gasteiger partial charge in [0.25, 0.3) is 0 Å². The van der Waals surface area contributed by atoms with Gasteiger partial charge in [0.2, 0.25) is 0 Å². The highest BCUT2D eigenvalue weighted by Crippen LogP contribution is 2.75. The minimum atomic E-state index is -0.871. The second kappa shape index (κ2) is 7.19. The van der Waals surface area contributed by atoms with Crippen LogP contribution >= 0.6 is 0 Å². The topological polar surface area (TPSA) is 77.8 Å². The largest absolute Gasteiger partial charge is 0.396 e. The number of ketones is 1. The zero-order chi connectivity index (χ0) is 25.1. The lowest BCUT2D eigenvalue weighted by Crippen LogP contribution is -2.66. The molecule has 5 aliphatic rings. The monoisotopic (exact) mass is 472 g/mol. The van der Waals surface area contributed by atoms with Crippen LogP contribution in [0.1, 0.15) is 99.8 Å². The average Bonchev–Trinajstić information content (AvgIpc) is 2.77. The fraction of sp³-hybridized carbons (Fsp3) is 0.900. The molecule has 4 saturated carbocycles. The molecule has 34 heavy (non-hydrogen) atoms. The third-order valence-corrected chi connectivity index (χ3v) is 13.2. The standard InChI is InChI=1S/C30H48O4/c1-25(2)16-19-18-8-9-21-27(4)12-11-22(32)28(5,17-31)20(27)10-13-30(21,7)29(18,6)15-14-26(19,3)24(34)23(25)33/h8,19-23,31-33H,9-17H2,1-7H3/t19-,20?,21?,22-,23-,26+,27-,28+,29+,30+/m0/s1. The maximum Gasteiger partial charge on any atom is 0.168 e. The predicted molar refractivity (Wildman–Crippen MR) is 134 cm³/mol. The molecule has 5 aliphatic carbocycles. The fourth-order valence-electron chi connectivity index (χ4n) is 10.5. The average molecular weight is 473 g/mol. The molecule has 0 spiro atoms. The molecule has 5 rings (SSSR count). The number of Topliss-reactive ketones (excluding diaryl/α,β-unsaturated/α-hetero) is 1. The van der Waals surface area contributed by atoms with E-state index in [4.69, 9.17) is 0 Å². The molecular weight excluding hydrogens is 424 g/mol. The highest BCUT2D eigenvalue weighted by Gasteiger charge is 2.69. The van der Waals surface area contributed by atoms with Gasteiger partial charge in [-0.05, 0) is 90.8 Å². The molecule has 0 aliphatic heterocycles. The highest BCUT2D eigenvalue weighted by molar-refractivity contribution is 5.91. The van der Waals surface area contributed by atoms with Crippen molar-refractivity contribution < 1.29 is 20.1 Å². The van der Waals surface area contributed by atoms with Crippen LogP contribution in [0.3, 0.4) is 0 Å². The lowest BCUT2D eigenvalue weighted by atomic mass is 9.33. The Bertz CT molecular complexity index is 923. The van der Waals surface area contributed by atoms with Crippen molar-refractivity contribution >= 4 is 5.78 Å². The quantitative estimate of drug-likeness (QED) is 0.453. The van der Waals surface area contributed by atoms with Crippen molar-refractivity contribution in [2.45, 2.75) is 112 Å². The SMILES string of the molecule is CC1(C)C[C@H]2C3=CCC4[C@@]5(C)CC[C@H](O)[C@](C)(CO)C5CC[C@@]4(C)[C@]3(C)CC[C@@]2(C)C(=O)[C@@H]1O. The third kappa shape index (κ3) is 2.74. The van der Waals surface area contributed by atoms with Crippen LogP contribution < -0.4 is 0 Å². The number of carbonyl (C=O) groups excluding carboxylic acids is 1. The first-order valence-corrected chi connectivity index (χ1v) is 13.8. The fourth-order valence-corrected chi connectivity index (χ4v) is 10.5. The number of allylic oxidation sites excluding steroid dienone is 2. The summed E-state index contributed by atoms with van der Waals surface area (Å²) in [7, 11) is 0. The summed E-state index contributed by atoms with van der Waals surface area (Å²) >= 11 is 0. The van der Waals surface area contributed by atoms with Gasteiger partial charge in [0, 0.05) is 10.8 Å². The van der Waals surface area contributed by atoms with Gasteiger partial charge in [0.05, 0.1) is 12.7 Å². The van der Waals surface area contributed by atoms with Crippen molar-refractivity contribution in [3.8, 4) is 0 Å². The molecule has 4 nitrogen and oxygen atoms in total. The van der Waals surface area contributed by atoms with Crippen molar-refractivity contribution in [3.63, 3.8) is 0 Å². The van der Waals surface area contributed by atoms with Crippen molar-refractivity contribution in [2.75, 3.05) is 6.61 Å². The van der Waals surface area contributed by atoms with Crippen LogP contribution in [0.25, 0.3) is 0 Å². The summed E-state index contributed by atoms with van der Waals surface area (Å²) in [6.07, 6.45) is 8.91. The Hall–Kier alpha value is -0.710. The summed E-state index contributed by atoms with van der Waals surface area (Å²) in [5.74, 6) is 1.09. The van der Waals surface area contributed by atoms with Gasteiger partial charge in [0.1, 0.15) is 6.10 Å². The van der Waals surface area contributed by atoms with E-state index in [9.17, 15) is 20.1 Å². The van der Waals surface area contributed by atoms with Crippen LogP contribution in [0, 0.1) is 50.2 Å². The molecule has 0 aromatic heterocycles. The molecule has 4 fully saturated rings. The first kappa shape index (κ1) is 25.0. The van der Waals surface area contributed by atoms with E-state index in [0.717, 1.165) is 51.4 Å². The van der Waals surface area contributed by atoms with Crippen molar-refractivity contribution in [2.24, 2.45) is 50.2 Å². The van der Waals surface area contributed by atoms with E-state index in [1.807, 2.05) is 0 Å². The van der Waals surface area contributed by atoms with E-state index in [1.165, 1.54) is 5.57 Å². The van der Waals surface area contributed by atoms with Crippen LogP contribution in [0.2, 0.25) is 0 Å². The maximum absolute atomic E-state index is 13.5. The molecule has 192 valence electrons. The normalized spacial score (nSPS) is 56.5. The molecule has 0 saturated heterocycles. The highest BCUT2D eigenvalue weighted by atomic mass is 16.3. The Morgan fingerprint density at radius 2 is 1.59 bits per heavy atom. The zero-order valence-electron chi connectivity index (χ0n) is 22.6. The van der Waals surface area contributed by atoms with Gasteiger partial charge in [0.15, 0.2) is 5.78 Å². The van der Waals surface area contributed by atoms with Crippen LogP contribution in [0.15, 0.2) is 11.6 Å². The van der Waals surface area contributed by atoms with E-state index in [1.54, 1.807) is 0 Å². The number of hydrogen-bond acceptors (Lipinski definition) is 4. The molecule has 0 aromatic carbocycles. The first-order chi connectivity index (χ1) is 15.6. The summed E-state index contributed by atoms with van der Waals surface area (Å²) in [6.45, 7) is 15.9. The third-order valence-electron chi connectivity index (χ3n) is 13.2. The Kier molecular flexibility index (Phi) is 5.28. The van der Waals surface area contributed by atoms with E-state index in [0.29, 0.717) is 11.8 Å². The minimum Gasteiger partial charge on any atom is -0.396 e. The maximum atomic E-state index is 13.5. The van der Waals surface area contributed by atoms with E-state index in [2.05, 4.69) is 54.5 Å². The number of aliphatic hydroxyl groups is 3. The van der Waals surface area contributed by atoms with Crippen LogP contribution in [0.4, 0.5) is 0 Å². The molecule has 2 unspecified atom stereocenters. The molecule has 0 bridgehead atoms. The molecule has 10 atom stereocenters.